The van der Waals surface area contributed by atoms with Gasteiger partial charge >= 0.3 is 6.61 Å². The van der Waals surface area contributed by atoms with Crippen molar-refractivity contribution < 1.29 is 36.4 Å². The van der Waals surface area contributed by atoms with Crippen LogP contribution in [0.1, 0.15) is 36.2 Å². The van der Waals surface area contributed by atoms with Gasteiger partial charge in [-0.3, -0.25) is 4.79 Å². The summed E-state index contributed by atoms with van der Waals surface area (Å²) in [6.07, 6.45) is 3.04. The van der Waals surface area contributed by atoms with Crippen molar-refractivity contribution in [2.45, 2.75) is 44.4 Å². The first kappa shape index (κ1) is 25.5. The summed E-state index contributed by atoms with van der Waals surface area (Å²) in [4.78, 5) is 21.6. The first-order valence-electron chi connectivity index (χ1n) is 11.5. The Morgan fingerprint density at radius 3 is 2.65 bits per heavy atom. The molecule has 0 bridgehead atoms. The van der Waals surface area contributed by atoms with Gasteiger partial charge in [0.2, 0.25) is 0 Å². The third-order valence-electron chi connectivity index (χ3n) is 6.18. The molecule has 13 heteroatoms. The molecule has 2 heterocycles. The number of furan rings is 1. The smallest absolute Gasteiger partial charge is 0.366 e. The zero-order valence-corrected chi connectivity index (χ0v) is 21.2. The van der Waals surface area contributed by atoms with Crippen LogP contribution in [0.4, 0.5) is 14.5 Å². The minimum atomic E-state index is -4.25. The molecule has 1 amide bonds. The predicted octanol–water partition coefficient (Wildman–Crippen LogP) is 4.66. The normalized spacial score (nSPS) is 18.5. The molecule has 1 aliphatic carbocycles. The Kier molecular flexibility index (Phi) is 6.88. The van der Waals surface area contributed by atoms with Crippen LogP contribution in [0.25, 0.3) is 32.5 Å². The first-order chi connectivity index (χ1) is 17.6. The minimum Gasteiger partial charge on any atom is -0.454 e. The Balaban J connectivity index is 1.57. The van der Waals surface area contributed by atoms with E-state index in [4.69, 9.17) is 4.42 Å². The van der Waals surface area contributed by atoms with Crippen LogP contribution in [0.5, 0.6) is 0 Å². The standard InChI is InChI=1S/C24H23F2N3O6S2/c1-37(32,33)29(35-24(25)26)18-11-10-16(20-15-4-2-3-5-19(15)34-21(18)20)23-28-17(12-36-23)22(31)27-13-6-8-14(30)9-7-13/h2-5,10-14,24,30H,6-9H2,1H3,(H,27,31). The number of rotatable bonds is 7. The average Bonchev–Trinajstić information content (AvgIpc) is 3.49. The zero-order valence-electron chi connectivity index (χ0n) is 19.6. The number of carbonyl (C=O) groups excluding carboxylic acids is 1. The number of thiazole rings is 1. The number of carbonyl (C=O) groups is 1. The number of aromatic nitrogens is 1. The van der Waals surface area contributed by atoms with Gasteiger partial charge in [-0.2, -0.15) is 13.6 Å². The molecular weight excluding hydrogens is 528 g/mol. The summed E-state index contributed by atoms with van der Waals surface area (Å²) >= 11 is 1.21. The van der Waals surface area contributed by atoms with Crippen LogP contribution < -0.4 is 9.79 Å². The van der Waals surface area contributed by atoms with Gasteiger partial charge in [-0.1, -0.05) is 18.2 Å². The van der Waals surface area contributed by atoms with Crippen molar-refractivity contribution in [3.8, 4) is 10.6 Å². The van der Waals surface area contributed by atoms with Gasteiger partial charge in [0.1, 0.15) is 22.0 Å². The highest BCUT2D eigenvalue weighted by molar-refractivity contribution is 7.91. The van der Waals surface area contributed by atoms with E-state index in [1.807, 2.05) is 0 Å². The lowest BCUT2D eigenvalue weighted by Crippen LogP contribution is -2.38. The second-order valence-electron chi connectivity index (χ2n) is 8.81. The number of nitrogens with zero attached hydrogens (tertiary/aromatic N) is 2. The van der Waals surface area contributed by atoms with E-state index < -0.39 is 16.6 Å². The van der Waals surface area contributed by atoms with Crippen LogP contribution in [-0.4, -0.2) is 49.4 Å². The molecule has 0 spiro atoms. The molecule has 2 aromatic heterocycles. The van der Waals surface area contributed by atoms with Crippen LogP contribution in [-0.2, 0) is 14.9 Å². The Bertz CT molecular complexity index is 1560. The number of hydrogen-bond acceptors (Lipinski definition) is 8. The van der Waals surface area contributed by atoms with Gasteiger partial charge in [0, 0.05) is 27.8 Å². The van der Waals surface area contributed by atoms with Crippen molar-refractivity contribution in [3.05, 3.63) is 47.5 Å². The fourth-order valence-electron chi connectivity index (χ4n) is 4.50. The molecule has 0 radical (unpaired) electrons. The maximum Gasteiger partial charge on any atom is 0.366 e. The van der Waals surface area contributed by atoms with Crippen molar-refractivity contribution >= 4 is 54.9 Å². The molecule has 196 valence electrons. The lowest BCUT2D eigenvalue weighted by atomic mass is 9.93. The Labute approximate surface area is 214 Å². The van der Waals surface area contributed by atoms with E-state index in [0.29, 0.717) is 52.6 Å². The lowest BCUT2D eigenvalue weighted by molar-refractivity contribution is -0.123. The van der Waals surface area contributed by atoms with Crippen molar-refractivity contribution in [1.29, 1.82) is 0 Å². The topological polar surface area (TPSA) is 122 Å². The van der Waals surface area contributed by atoms with E-state index in [0.717, 1.165) is 6.26 Å². The molecule has 1 aliphatic rings. The molecule has 0 saturated heterocycles. The molecule has 37 heavy (non-hydrogen) atoms. The van der Waals surface area contributed by atoms with Gasteiger partial charge < -0.3 is 14.8 Å². The number of aliphatic hydroxyl groups is 1. The number of fused-ring (bicyclic) bond motifs is 3. The van der Waals surface area contributed by atoms with Crippen molar-refractivity contribution in [3.63, 3.8) is 0 Å². The number of alkyl halides is 2. The number of aliphatic hydroxyl groups excluding tert-OH is 1. The molecule has 9 nitrogen and oxygen atoms in total. The number of benzene rings is 2. The highest BCUT2D eigenvalue weighted by Crippen LogP contribution is 2.43. The van der Waals surface area contributed by atoms with Crippen LogP contribution >= 0.6 is 11.3 Å². The van der Waals surface area contributed by atoms with Gasteiger partial charge in [0.15, 0.2) is 5.58 Å². The number of anilines is 1. The monoisotopic (exact) mass is 551 g/mol. The van der Waals surface area contributed by atoms with E-state index in [9.17, 15) is 27.1 Å². The molecular formula is C24H23F2N3O6S2. The number of amides is 1. The highest BCUT2D eigenvalue weighted by atomic mass is 32.2. The number of para-hydroxylation sites is 1. The first-order valence-corrected chi connectivity index (χ1v) is 14.2. The van der Waals surface area contributed by atoms with Crippen LogP contribution in [0.2, 0.25) is 0 Å². The van der Waals surface area contributed by atoms with E-state index in [-0.39, 0.29) is 39.5 Å². The molecule has 1 fully saturated rings. The minimum absolute atomic E-state index is 0.0201. The molecule has 2 aromatic carbocycles. The molecule has 5 rings (SSSR count). The molecule has 1 saturated carbocycles. The second-order valence-corrected chi connectivity index (χ2v) is 11.5. The maximum atomic E-state index is 13.1. The fourth-order valence-corrected chi connectivity index (χ4v) is 6.06. The quantitative estimate of drug-likeness (QED) is 0.320. The summed E-state index contributed by atoms with van der Waals surface area (Å²) in [6, 6.07) is 9.72. The Morgan fingerprint density at radius 2 is 1.95 bits per heavy atom. The van der Waals surface area contributed by atoms with Gasteiger partial charge in [0.05, 0.1) is 12.4 Å². The molecule has 4 aromatic rings. The third-order valence-corrected chi connectivity index (χ3v) is 7.94. The number of hydrogen-bond donors (Lipinski definition) is 2. The SMILES string of the molecule is CS(=O)(=O)N(OC(F)F)c1ccc(-c2nc(C(=O)NC3CCC(O)CC3)cs2)c2c1oc1ccccc12. The molecule has 0 aliphatic heterocycles. The summed E-state index contributed by atoms with van der Waals surface area (Å²) in [7, 11) is -4.25. The van der Waals surface area contributed by atoms with Crippen molar-refractivity contribution in [1.82, 2.24) is 10.3 Å². The summed E-state index contributed by atoms with van der Waals surface area (Å²) in [6.45, 7) is -3.39. The third kappa shape index (κ3) is 5.17. The predicted molar refractivity (Wildman–Crippen MR) is 135 cm³/mol. The summed E-state index contributed by atoms with van der Waals surface area (Å²) in [5.74, 6) is -0.331. The van der Waals surface area contributed by atoms with Crippen molar-refractivity contribution in [2.24, 2.45) is 0 Å². The molecule has 0 unspecified atom stereocenters. The summed E-state index contributed by atoms with van der Waals surface area (Å²) in [5, 5.41) is 15.8. The second kappa shape index (κ2) is 9.97. The van der Waals surface area contributed by atoms with E-state index in [2.05, 4.69) is 15.1 Å². The van der Waals surface area contributed by atoms with Crippen LogP contribution in [0, 0.1) is 0 Å². The van der Waals surface area contributed by atoms with Crippen LogP contribution in [0.3, 0.4) is 0 Å². The number of sulfonamides is 1. The Hall–Kier alpha value is -3.13. The van der Waals surface area contributed by atoms with E-state index in [1.54, 1.807) is 29.6 Å². The van der Waals surface area contributed by atoms with Gasteiger partial charge in [-0.05, 0) is 43.9 Å². The maximum absolute atomic E-state index is 13.1. The van der Waals surface area contributed by atoms with E-state index >= 15 is 0 Å². The van der Waals surface area contributed by atoms with Crippen LogP contribution in [0.15, 0.2) is 46.2 Å². The summed E-state index contributed by atoms with van der Waals surface area (Å²) < 4.78 is 56.9. The molecule has 2 N–H and O–H groups in total. The largest absolute Gasteiger partial charge is 0.454 e. The molecule has 0 atom stereocenters. The van der Waals surface area contributed by atoms with Gasteiger partial charge in [-0.25, -0.2) is 13.4 Å². The summed E-state index contributed by atoms with van der Waals surface area (Å²) in [5.41, 5.74) is 0.971. The zero-order chi connectivity index (χ0) is 26.3. The van der Waals surface area contributed by atoms with Crippen molar-refractivity contribution in [2.75, 3.05) is 10.7 Å². The number of nitrogens with one attached hydrogen (secondary N) is 1. The fraction of sp³-hybridized carbons (Fsp3) is 0.333. The lowest BCUT2D eigenvalue weighted by Gasteiger charge is -2.25. The highest BCUT2D eigenvalue weighted by Gasteiger charge is 2.29. The van der Waals surface area contributed by atoms with E-state index in [1.165, 1.54) is 23.5 Å². The Morgan fingerprint density at radius 1 is 1.22 bits per heavy atom. The average molecular weight is 552 g/mol. The number of halogens is 2. The van der Waals surface area contributed by atoms with Gasteiger partial charge in [-0.15, -0.1) is 15.8 Å². The van der Waals surface area contributed by atoms with Gasteiger partial charge in [0.25, 0.3) is 15.9 Å².